The van der Waals surface area contributed by atoms with Gasteiger partial charge in [0.2, 0.25) is 11.6 Å². The molecule has 0 amide bonds. The molecule has 5 heteroatoms. The number of ether oxygens (including phenoxy) is 1. The van der Waals surface area contributed by atoms with Crippen molar-refractivity contribution in [2.45, 2.75) is 0 Å². The first-order valence-electron chi connectivity index (χ1n) is 7.67. The second-order valence-electron chi connectivity index (χ2n) is 5.49. The van der Waals surface area contributed by atoms with Crippen LogP contribution in [-0.2, 0) is 0 Å². The van der Waals surface area contributed by atoms with Gasteiger partial charge in [-0.05, 0) is 12.1 Å². The van der Waals surface area contributed by atoms with Gasteiger partial charge in [-0.2, -0.15) is 4.98 Å². The summed E-state index contributed by atoms with van der Waals surface area (Å²) >= 11 is 0. The van der Waals surface area contributed by atoms with Crippen LogP contribution in [0.2, 0.25) is 0 Å². The number of nitrogen functional groups attached to an aromatic ring is 1. The highest BCUT2D eigenvalue weighted by Crippen LogP contribution is 2.32. The van der Waals surface area contributed by atoms with E-state index in [1.165, 1.54) is 0 Å². The van der Waals surface area contributed by atoms with Crippen molar-refractivity contribution >= 4 is 16.9 Å². The Morgan fingerprint density at radius 2 is 1.58 bits per heavy atom. The van der Waals surface area contributed by atoms with Crippen LogP contribution in [0, 0.1) is 0 Å². The van der Waals surface area contributed by atoms with Crippen molar-refractivity contribution in [1.29, 1.82) is 0 Å². The Hall–Kier alpha value is -3.34. The zero-order valence-corrected chi connectivity index (χ0v) is 13.2. The third-order valence-corrected chi connectivity index (χ3v) is 3.99. The Kier molecular flexibility index (Phi) is 3.39. The first kappa shape index (κ1) is 14.3. The summed E-state index contributed by atoms with van der Waals surface area (Å²) in [7, 11) is 1.60. The van der Waals surface area contributed by atoms with E-state index in [4.69, 9.17) is 15.5 Å². The van der Waals surface area contributed by atoms with Gasteiger partial charge in [-0.25, -0.2) is 4.98 Å². The number of nitrogens with two attached hydrogens (primary N) is 1. The summed E-state index contributed by atoms with van der Waals surface area (Å²) in [4.78, 5) is 11.3. The fourth-order valence-corrected chi connectivity index (χ4v) is 2.84. The van der Waals surface area contributed by atoms with Crippen molar-refractivity contribution < 1.29 is 9.72 Å². The molecule has 0 aliphatic rings. The molecule has 0 bridgehead atoms. The molecule has 0 fully saturated rings. The largest absolute Gasteiger partial charge is 0.481 e. The van der Waals surface area contributed by atoms with Crippen LogP contribution in [0.1, 0.15) is 0 Å². The third kappa shape index (κ3) is 2.27. The van der Waals surface area contributed by atoms with Gasteiger partial charge in [0.15, 0.2) is 11.3 Å². The van der Waals surface area contributed by atoms with Gasteiger partial charge in [-0.1, -0.05) is 48.5 Å². The van der Waals surface area contributed by atoms with Gasteiger partial charge in [0.05, 0.1) is 7.11 Å². The standard InChI is InChI=1S/C19H16N4O/c1-24-19-17-16(18(20)23-19)21-14(12-8-4-2-5-9-12)15(22-17)13-10-6-3-7-11-13/h2-11,23H,20H2,1H3/p+1. The zero-order valence-electron chi connectivity index (χ0n) is 13.2. The van der Waals surface area contributed by atoms with Crippen molar-refractivity contribution in [2.24, 2.45) is 0 Å². The van der Waals surface area contributed by atoms with E-state index in [1.54, 1.807) is 7.11 Å². The van der Waals surface area contributed by atoms with E-state index >= 15 is 0 Å². The normalized spacial score (nSPS) is 10.9. The number of benzene rings is 2. The van der Waals surface area contributed by atoms with Gasteiger partial charge in [0.25, 0.3) is 5.52 Å². The number of hydrogen-bond acceptors (Lipinski definition) is 3. The summed E-state index contributed by atoms with van der Waals surface area (Å²) in [6.45, 7) is 0. The summed E-state index contributed by atoms with van der Waals surface area (Å²) in [6.07, 6.45) is 0. The molecule has 0 radical (unpaired) electrons. The number of anilines is 1. The van der Waals surface area contributed by atoms with Crippen molar-refractivity contribution in [3.63, 3.8) is 0 Å². The Morgan fingerprint density at radius 1 is 0.958 bits per heavy atom. The van der Waals surface area contributed by atoms with Gasteiger partial charge >= 0.3 is 0 Å². The molecule has 4 N–H and O–H groups in total. The Morgan fingerprint density at radius 3 is 2.21 bits per heavy atom. The molecule has 0 aliphatic heterocycles. The maximum absolute atomic E-state index is 6.08. The van der Waals surface area contributed by atoms with Crippen LogP contribution in [0.25, 0.3) is 33.5 Å². The zero-order chi connectivity index (χ0) is 16.5. The van der Waals surface area contributed by atoms with Crippen molar-refractivity contribution in [1.82, 2.24) is 9.97 Å². The van der Waals surface area contributed by atoms with Crippen LogP contribution in [0.4, 0.5) is 5.82 Å². The number of aromatic nitrogens is 3. The van der Waals surface area contributed by atoms with Crippen LogP contribution in [0.15, 0.2) is 60.7 Å². The molecule has 0 unspecified atom stereocenters. The number of methoxy groups -OCH3 is 1. The smallest absolute Gasteiger partial charge is 0.276 e. The predicted molar refractivity (Wildman–Crippen MR) is 94.5 cm³/mol. The summed E-state index contributed by atoms with van der Waals surface area (Å²) < 4.78 is 5.37. The SMILES string of the molecule is COc1[nH]c(N)c2[nH+]c(-c3ccccc3)c(-c3ccccc3)nc12. The molecule has 4 aromatic rings. The molecule has 24 heavy (non-hydrogen) atoms. The molecule has 5 nitrogen and oxygen atoms in total. The van der Waals surface area contributed by atoms with Crippen LogP contribution in [0.5, 0.6) is 5.88 Å². The maximum Gasteiger partial charge on any atom is 0.276 e. The van der Waals surface area contributed by atoms with E-state index in [1.807, 2.05) is 60.7 Å². The Bertz CT molecular complexity index is 994. The lowest BCUT2D eigenvalue weighted by molar-refractivity contribution is -0.330. The van der Waals surface area contributed by atoms with E-state index in [9.17, 15) is 0 Å². The molecule has 0 aliphatic carbocycles. The van der Waals surface area contributed by atoms with Gasteiger partial charge in [-0.15, -0.1) is 0 Å². The number of hydrogen-bond donors (Lipinski definition) is 2. The van der Waals surface area contributed by atoms with E-state index < -0.39 is 0 Å². The first-order chi connectivity index (χ1) is 11.8. The molecule has 0 saturated carbocycles. The average molecular weight is 317 g/mol. The summed E-state index contributed by atoms with van der Waals surface area (Å²) in [5, 5.41) is 0. The molecule has 4 rings (SSSR count). The Labute approximate surface area is 139 Å². The Balaban J connectivity index is 2.07. The molecular formula is C19H17N4O+. The average Bonchev–Trinajstić information content (AvgIpc) is 2.97. The highest BCUT2D eigenvalue weighted by molar-refractivity contribution is 5.91. The van der Waals surface area contributed by atoms with Crippen molar-refractivity contribution in [3.05, 3.63) is 60.7 Å². The van der Waals surface area contributed by atoms with Crippen LogP contribution < -0.4 is 15.5 Å². The van der Waals surface area contributed by atoms with E-state index in [-0.39, 0.29) is 0 Å². The summed E-state index contributed by atoms with van der Waals surface area (Å²) in [5.41, 5.74) is 11.4. The fraction of sp³-hybridized carbons (Fsp3) is 0.0526. The van der Waals surface area contributed by atoms with E-state index in [0.29, 0.717) is 17.2 Å². The first-order valence-corrected chi connectivity index (χ1v) is 7.67. The maximum atomic E-state index is 6.08. The minimum Gasteiger partial charge on any atom is -0.481 e. The lowest BCUT2D eigenvalue weighted by Gasteiger charge is -2.05. The molecule has 118 valence electrons. The predicted octanol–water partition coefficient (Wildman–Crippen LogP) is 3.30. The molecule has 0 atom stereocenters. The van der Waals surface area contributed by atoms with Gasteiger partial charge < -0.3 is 15.5 Å². The summed E-state index contributed by atoms with van der Waals surface area (Å²) in [5.74, 6) is 1.06. The topological polar surface area (TPSA) is 78.1 Å². The number of H-pyrrole nitrogens is 2. The molecular weight excluding hydrogens is 300 g/mol. The molecule has 2 aromatic heterocycles. The molecule has 2 aromatic carbocycles. The lowest BCUT2D eigenvalue weighted by atomic mass is 10.0. The molecule has 2 heterocycles. The van der Waals surface area contributed by atoms with E-state index in [0.717, 1.165) is 28.0 Å². The number of rotatable bonds is 3. The molecule has 0 spiro atoms. The second kappa shape index (κ2) is 5.70. The highest BCUT2D eigenvalue weighted by Gasteiger charge is 2.24. The monoisotopic (exact) mass is 317 g/mol. The van der Waals surface area contributed by atoms with Gasteiger partial charge in [0.1, 0.15) is 5.69 Å². The fourth-order valence-electron chi connectivity index (χ4n) is 2.84. The number of aromatic amines is 2. The van der Waals surface area contributed by atoms with Crippen molar-refractivity contribution in [3.8, 4) is 28.4 Å². The van der Waals surface area contributed by atoms with E-state index in [2.05, 4.69) is 9.97 Å². The number of fused-ring (bicyclic) bond motifs is 1. The summed E-state index contributed by atoms with van der Waals surface area (Å²) in [6, 6.07) is 20.2. The third-order valence-electron chi connectivity index (χ3n) is 3.99. The van der Waals surface area contributed by atoms with Crippen LogP contribution in [0.3, 0.4) is 0 Å². The highest BCUT2D eigenvalue weighted by atomic mass is 16.5. The van der Waals surface area contributed by atoms with Crippen LogP contribution in [-0.4, -0.2) is 17.1 Å². The number of nitrogens with one attached hydrogen (secondary N) is 2. The van der Waals surface area contributed by atoms with Gasteiger partial charge in [0, 0.05) is 11.1 Å². The van der Waals surface area contributed by atoms with Crippen molar-refractivity contribution in [2.75, 3.05) is 12.8 Å². The quantitative estimate of drug-likeness (QED) is 0.608. The minimum atomic E-state index is 0.506. The van der Waals surface area contributed by atoms with Crippen LogP contribution >= 0.6 is 0 Å². The molecule has 0 saturated heterocycles. The van der Waals surface area contributed by atoms with Gasteiger partial charge in [-0.3, -0.25) is 0 Å². The second-order valence-corrected chi connectivity index (χ2v) is 5.49. The number of nitrogens with zero attached hydrogens (tertiary/aromatic N) is 1. The lowest BCUT2D eigenvalue weighted by Crippen LogP contribution is -2.12. The minimum absolute atomic E-state index is 0.506.